The third-order valence-electron chi connectivity index (χ3n) is 3.24. The van der Waals surface area contributed by atoms with Crippen LogP contribution in [0.5, 0.6) is 5.75 Å². The van der Waals surface area contributed by atoms with Crippen LogP contribution in [-0.4, -0.2) is 12.1 Å². The van der Waals surface area contributed by atoms with E-state index in [9.17, 15) is 0 Å². The van der Waals surface area contributed by atoms with E-state index >= 15 is 0 Å². The summed E-state index contributed by atoms with van der Waals surface area (Å²) < 4.78 is 6.31. The maximum atomic E-state index is 6.17. The number of thiazole rings is 1. The van der Waals surface area contributed by atoms with Crippen LogP contribution < -0.4 is 15.8 Å². The molecule has 5 heteroatoms. The highest BCUT2D eigenvalue weighted by Gasteiger charge is 2.08. The quantitative estimate of drug-likeness (QED) is 0.716. The molecular weight excluding hydrogens is 270 g/mol. The number of anilines is 3. The van der Waals surface area contributed by atoms with Gasteiger partial charge in [-0.2, -0.15) is 0 Å². The number of aryl methyl sites for hydroxylation is 1. The van der Waals surface area contributed by atoms with Crippen molar-refractivity contribution in [1.82, 2.24) is 4.98 Å². The van der Waals surface area contributed by atoms with E-state index in [0.29, 0.717) is 5.69 Å². The molecule has 4 nitrogen and oxygen atoms in total. The topological polar surface area (TPSA) is 60.2 Å². The molecule has 102 valence electrons. The Balaban J connectivity index is 1.98. The first kappa shape index (κ1) is 12.7. The van der Waals surface area contributed by atoms with E-state index in [1.165, 1.54) is 0 Å². The zero-order chi connectivity index (χ0) is 14.1. The summed E-state index contributed by atoms with van der Waals surface area (Å²) in [5.74, 6) is 0.843. The predicted molar refractivity (Wildman–Crippen MR) is 85.0 cm³/mol. The first-order chi connectivity index (χ1) is 9.69. The fourth-order valence-electron chi connectivity index (χ4n) is 2.11. The van der Waals surface area contributed by atoms with Crippen LogP contribution in [0, 0.1) is 6.92 Å². The van der Waals surface area contributed by atoms with Gasteiger partial charge in [-0.05, 0) is 42.8 Å². The highest BCUT2D eigenvalue weighted by molar-refractivity contribution is 7.16. The molecule has 0 aliphatic rings. The molecule has 0 unspecified atom stereocenters. The van der Waals surface area contributed by atoms with Crippen molar-refractivity contribution in [3.63, 3.8) is 0 Å². The summed E-state index contributed by atoms with van der Waals surface area (Å²) in [6.07, 6.45) is 0. The molecule has 20 heavy (non-hydrogen) atoms. The second-order valence-electron chi connectivity index (χ2n) is 4.53. The van der Waals surface area contributed by atoms with E-state index in [4.69, 9.17) is 10.5 Å². The van der Waals surface area contributed by atoms with E-state index in [0.717, 1.165) is 32.9 Å². The molecule has 0 spiro atoms. The molecule has 0 amide bonds. The minimum atomic E-state index is 0.680. The van der Waals surface area contributed by atoms with Gasteiger partial charge in [-0.3, -0.25) is 0 Å². The predicted octanol–water partition coefficient (Wildman–Crippen LogP) is 3.94. The van der Waals surface area contributed by atoms with Gasteiger partial charge in [-0.15, -0.1) is 11.3 Å². The second-order valence-corrected chi connectivity index (χ2v) is 5.42. The molecule has 0 fully saturated rings. The van der Waals surface area contributed by atoms with Gasteiger partial charge in [-0.1, -0.05) is 0 Å². The Bertz CT molecular complexity index is 767. The Morgan fingerprint density at radius 3 is 2.75 bits per heavy atom. The molecule has 0 saturated carbocycles. The second kappa shape index (κ2) is 5.02. The maximum absolute atomic E-state index is 6.17. The summed E-state index contributed by atoms with van der Waals surface area (Å²) in [5.41, 5.74) is 12.5. The van der Waals surface area contributed by atoms with E-state index in [2.05, 4.69) is 10.3 Å². The van der Waals surface area contributed by atoms with E-state index in [1.54, 1.807) is 18.4 Å². The van der Waals surface area contributed by atoms with Gasteiger partial charge in [0.2, 0.25) is 0 Å². The van der Waals surface area contributed by atoms with Gasteiger partial charge in [0.15, 0.2) is 0 Å². The molecule has 1 heterocycles. The zero-order valence-electron chi connectivity index (χ0n) is 11.3. The highest BCUT2D eigenvalue weighted by Crippen LogP contribution is 2.33. The first-order valence-electron chi connectivity index (χ1n) is 6.22. The number of aromatic nitrogens is 1. The fraction of sp³-hybridized carbons (Fsp3) is 0.133. The number of rotatable bonds is 3. The Kier molecular flexibility index (Phi) is 3.20. The monoisotopic (exact) mass is 285 g/mol. The molecule has 2 aromatic carbocycles. The standard InChI is InChI=1S/C15H15N3OS/c1-9-7-10(19-2)3-4-11(9)18-12-5-6-13-15(14(12)16)17-8-20-13/h3-8,18H,16H2,1-2H3. The van der Waals surface area contributed by atoms with Crippen LogP contribution in [0.2, 0.25) is 0 Å². The van der Waals surface area contributed by atoms with Crippen molar-refractivity contribution in [2.24, 2.45) is 0 Å². The van der Waals surface area contributed by atoms with Crippen molar-refractivity contribution in [1.29, 1.82) is 0 Å². The Morgan fingerprint density at radius 1 is 1.20 bits per heavy atom. The van der Waals surface area contributed by atoms with Crippen molar-refractivity contribution < 1.29 is 4.74 Å². The van der Waals surface area contributed by atoms with E-state index < -0.39 is 0 Å². The average Bonchev–Trinajstić information content (AvgIpc) is 2.93. The molecule has 0 saturated heterocycles. The third-order valence-corrected chi connectivity index (χ3v) is 4.04. The van der Waals surface area contributed by atoms with Gasteiger partial charge >= 0.3 is 0 Å². The molecule has 0 bridgehead atoms. The van der Waals surface area contributed by atoms with Crippen LogP contribution in [0.4, 0.5) is 17.1 Å². The maximum Gasteiger partial charge on any atom is 0.119 e. The van der Waals surface area contributed by atoms with Gasteiger partial charge in [0.05, 0.1) is 28.7 Å². The molecule has 3 aromatic rings. The summed E-state index contributed by atoms with van der Waals surface area (Å²) in [5, 5.41) is 3.36. The van der Waals surface area contributed by atoms with Gasteiger partial charge in [0.25, 0.3) is 0 Å². The normalized spacial score (nSPS) is 10.7. The lowest BCUT2D eigenvalue weighted by Gasteiger charge is -2.13. The molecule has 3 rings (SSSR count). The summed E-state index contributed by atoms with van der Waals surface area (Å²) in [6, 6.07) is 9.91. The van der Waals surface area contributed by atoms with Crippen molar-refractivity contribution in [3.05, 3.63) is 41.4 Å². The molecule has 0 radical (unpaired) electrons. The molecule has 0 atom stereocenters. The fourth-order valence-corrected chi connectivity index (χ4v) is 2.80. The van der Waals surface area contributed by atoms with Crippen LogP contribution in [-0.2, 0) is 0 Å². The van der Waals surface area contributed by atoms with E-state index in [1.807, 2.05) is 42.8 Å². The SMILES string of the molecule is COc1ccc(Nc2ccc3scnc3c2N)c(C)c1. The lowest BCUT2D eigenvalue weighted by molar-refractivity contribution is 0.414. The summed E-state index contributed by atoms with van der Waals surface area (Å²) in [6.45, 7) is 2.03. The minimum Gasteiger partial charge on any atom is -0.497 e. The zero-order valence-corrected chi connectivity index (χ0v) is 12.1. The molecule has 0 aliphatic heterocycles. The third kappa shape index (κ3) is 2.16. The number of benzene rings is 2. The number of hydrogen-bond donors (Lipinski definition) is 2. The van der Waals surface area contributed by atoms with Gasteiger partial charge in [0, 0.05) is 5.69 Å². The van der Waals surface area contributed by atoms with E-state index in [-0.39, 0.29) is 0 Å². The minimum absolute atomic E-state index is 0.680. The van der Waals surface area contributed by atoms with Crippen molar-refractivity contribution in [3.8, 4) is 5.75 Å². The number of nitrogens with two attached hydrogens (primary N) is 1. The van der Waals surface area contributed by atoms with Crippen molar-refractivity contribution in [2.45, 2.75) is 6.92 Å². The lowest BCUT2D eigenvalue weighted by Crippen LogP contribution is -1.98. The summed E-state index contributed by atoms with van der Waals surface area (Å²) in [4.78, 5) is 4.30. The van der Waals surface area contributed by atoms with Crippen LogP contribution in [0.3, 0.4) is 0 Å². The first-order valence-corrected chi connectivity index (χ1v) is 7.10. The smallest absolute Gasteiger partial charge is 0.119 e. The summed E-state index contributed by atoms with van der Waals surface area (Å²) in [7, 11) is 1.66. The largest absolute Gasteiger partial charge is 0.497 e. The number of methoxy groups -OCH3 is 1. The number of nitrogen functional groups attached to an aromatic ring is 1. The van der Waals surface area contributed by atoms with Crippen LogP contribution >= 0.6 is 11.3 Å². The Morgan fingerprint density at radius 2 is 2.00 bits per heavy atom. The lowest BCUT2D eigenvalue weighted by atomic mass is 10.1. The van der Waals surface area contributed by atoms with Crippen LogP contribution in [0.15, 0.2) is 35.8 Å². The van der Waals surface area contributed by atoms with Crippen molar-refractivity contribution >= 4 is 38.6 Å². The number of fused-ring (bicyclic) bond motifs is 1. The number of nitrogens with one attached hydrogen (secondary N) is 1. The Hall–Kier alpha value is -2.27. The average molecular weight is 285 g/mol. The van der Waals surface area contributed by atoms with Gasteiger partial charge < -0.3 is 15.8 Å². The van der Waals surface area contributed by atoms with Crippen LogP contribution in [0.25, 0.3) is 10.2 Å². The molecule has 3 N–H and O–H groups in total. The molecule has 0 aliphatic carbocycles. The van der Waals surface area contributed by atoms with Gasteiger partial charge in [-0.25, -0.2) is 4.98 Å². The van der Waals surface area contributed by atoms with Crippen molar-refractivity contribution in [2.75, 3.05) is 18.2 Å². The van der Waals surface area contributed by atoms with Gasteiger partial charge in [0.1, 0.15) is 11.3 Å². The highest BCUT2D eigenvalue weighted by atomic mass is 32.1. The molecular formula is C15H15N3OS. The molecule has 1 aromatic heterocycles. The van der Waals surface area contributed by atoms with Crippen LogP contribution in [0.1, 0.15) is 5.56 Å². The number of ether oxygens (including phenoxy) is 1. The number of hydrogen-bond acceptors (Lipinski definition) is 5. The number of nitrogens with zero attached hydrogens (tertiary/aromatic N) is 1. The summed E-state index contributed by atoms with van der Waals surface area (Å²) >= 11 is 1.59. The Labute approximate surface area is 121 Å².